The minimum atomic E-state index is -1.37. The molecule has 1 aliphatic rings. The first kappa shape index (κ1) is 30.5. The van der Waals surface area contributed by atoms with E-state index in [1.165, 1.54) is 0 Å². The average molecular weight is 564 g/mol. The van der Waals surface area contributed by atoms with Crippen molar-refractivity contribution in [2.45, 2.75) is 95.6 Å². The van der Waals surface area contributed by atoms with Crippen LogP contribution in [0.2, 0.25) is 0 Å². The van der Waals surface area contributed by atoms with Crippen molar-refractivity contribution in [3.8, 4) is 11.1 Å². The van der Waals surface area contributed by atoms with E-state index in [1.807, 2.05) is 74.5 Å². The number of carboxylic acid groups (broad SMARTS) is 1. The zero-order valence-electron chi connectivity index (χ0n) is 23.8. The maximum atomic E-state index is 14.3. The zero-order chi connectivity index (χ0) is 29.5. The van der Waals surface area contributed by atoms with Gasteiger partial charge in [0.25, 0.3) is 5.91 Å². The van der Waals surface area contributed by atoms with Crippen LogP contribution in [0.15, 0.2) is 60.7 Å². The van der Waals surface area contributed by atoms with Crippen molar-refractivity contribution in [1.29, 1.82) is 0 Å². The van der Waals surface area contributed by atoms with Gasteiger partial charge >= 0.3 is 0 Å². The highest BCUT2D eigenvalue weighted by Crippen LogP contribution is 2.45. The van der Waals surface area contributed by atoms with Gasteiger partial charge in [-0.3, -0.25) is 4.79 Å². The number of benzene rings is 2. The number of aliphatic carboxylic acids is 1. The van der Waals surface area contributed by atoms with Crippen molar-refractivity contribution in [2.75, 3.05) is 5.32 Å². The Morgan fingerprint density at radius 2 is 1.59 bits per heavy atom. The fraction of sp³-hybridized carbons (Fsp3) is 0.455. The fourth-order valence-electron chi connectivity index (χ4n) is 6.08. The molecule has 8 heteroatoms. The molecule has 4 rings (SSSR count). The molecule has 220 valence electrons. The van der Waals surface area contributed by atoms with E-state index >= 15 is 0 Å². The zero-order valence-corrected chi connectivity index (χ0v) is 23.8. The van der Waals surface area contributed by atoms with Gasteiger partial charge in [0.05, 0.1) is 17.8 Å². The normalized spacial score (nSPS) is 18.7. The van der Waals surface area contributed by atoms with E-state index < -0.39 is 30.8 Å². The van der Waals surface area contributed by atoms with E-state index in [-0.39, 0.29) is 30.6 Å². The maximum Gasteiger partial charge on any atom is 0.258 e. The average Bonchev–Trinajstić information content (AvgIpc) is 3.28. The van der Waals surface area contributed by atoms with Crippen molar-refractivity contribution in [3.05, 3.63) is 77.6 Å². The second-order valence-corrected chi connectivity index (χ2v) is 11.4. The van der Waals surface area contributed by atoms with Gasteiger partial charge in [0.1, 0.15) is 6.17 Å². The van der Waals surface area contributed by atoms with Crippen molar-refractivity contribution in [3.63, 3.8) is 0 Å². The van der Waals surface area contributed by atoms with Crippen LogP contribution in [-0.4, -0.2) is 45.0 Å². The largest absolute Gasteiger partial charge is 0.550 e. The van der Waals surface area contributed by atoms with Gasteiger partial charge < -0.3 is 30.0 Å². The third-order valence-corrected chi connectivity index (χ3v) is 7.89. The van der Waals surface area contributed by atoms with Gasteiger partial charge in [-0.2, -0.15) is 0 Å². The number of hydrogen-bond acceptors (Lipinski definition) is 5. The van der Waals surface area contributed by atoms with Crippen LogP contribution in [0.3, 0.4) is 0 Å². The Hall–Kier alpha value is -3.49. The molecule has 0 saturated heterocycles. The molecule has 3 N–H and O–H groups in total. The van der Waals surface area contributed by atoms with Crippen LogP contribution in [0, 0.1) is 0 Å². The molecular formula is C33H40FN2O5-. The van der Waals surface area contributed by atoms with E-state index in [0.717, 1.165) is 22.5 Å². The minimum Gasteiger partial charge on any atom is -0.550 e. The molecule has 1 amide bonds. The number of amides is 1. The second kappa shape index (κ2) is 13.9. The summed E-state index contributed by atoms with van der Waals surface area (Å²) >= 11 is 0. The number of rotatable bonds is 12. The topological polar surface area (TPSA) is 115 Å². The number of para-hydroxylation sites is 1. The summed E-state index contributed by atoms with van der Waals surface area (Å²) in [6.45, 7) is 4.42. The number of hydrogen-bond donors (Lipinski definition) is 3. The van der Waals surface area contributed by atoms with E-state index in [9.17, 15) is 29.3 Å². The number of alkyl halides is 1. The van der Waals surface area contributed by atoms with Gasteiger partial charge in [-0.1, -0.05) is 62.4 Å². The van der Waals surface area contributed by atoms with Gasteiger partial charge in [-0.25, -0.2) is 4.39 Å². The smallest absolute Gasteiger partial charge is 0.258 e. The summed E-state index contributed by atoms with van der Waals surface area (Å²) in [5.74, 6) is -1.64. The third-order valence-electron chi connectivity index (χ3n) is 7.89. The molecule has 0 aliphatic heterocycles. The van der Waals surface area contributed by atoms with Crippen LogP contribution in [0.4, 0.5) is 10.1 Å². The van der Waals surface area contributed by atoms with Crippen LogP contribution < -0.4 is 10.4 Å². The van der Waals surface area contributed by atoms with Crippen molar-refractivity contribution < 1.29 is 29.3 Å². The number of aromatic nitrogens is 1. The predicted molar refractivity (Wildman–Crippen MR) is 155 cm³/mol. The number of carbonyl (C=O) groups is 2. The molecule has 2 atom stereocenters. The Morgan fingerprint density at radius 3 is 2.17 bits per heavy atom. The first-order valence-electron chi connectivity index (χ1n) is 14.5. The molecule has 1 aromatic heterocycles. The van der Waals surface area contributed by atoms with E-state index in [0.29, 0.717) is 43.5 Å². The van der Waals surface area contributed by atoms with Crippen LogP contribution >= 0.6 is 0 Å². The van der Waals surface area contributed by atoms with Crippen molar-refractivity contribution in [2.24, 2.45) is 0 Å². The van der Waals surface area contributed by atoms with E-state index in [1.54, 1.807) is 0 Å². The quantitative estimate of drug-likeness (QED) is 0.281. The third kappa shape index (κ3) is 7.63. The van der Waals surface area contributed by atoms with Crippen molar-refractivity contribution >= 4 is 17.6 Å². The van der Waals surface area contributed by atoms with Gasteiger partial charge in [-0.15, -0.1) is 0 Å². The van der Waals surface area contributed by atoms with Crippen LogP contribution in [0.25, 0.3) is 11.1 Å². The molecule has 2 aromatic carbocycles. The highest BCUT2D eigenvalue weighted by molar-refractivity contribution is 6.10. The molecule has 0 spiro atoms. The molecule has 1 fully saturated rings. The van der Waals surface area contributed by atoms with Crippen LogP contribution in [0.1, 0.15) is 92.4 Å². The number of carbonyl (C=O) groups excluding carboxylic acids is 2. The van der Waals surface area contributed by atoms with Gasteiger partial charge in [0.15, 0.2) is 0 Å². The first-order valence-corrected chi connectivity index (χ1v) is 14.5. The molecule has 41 heavy (non-hydrogen) atoms. The van der Waals surface area contributed by atoms with Gasteiger partial charge in [0.2, 0.25) is 0 Å². The second-order valence-electron chi connectivity index (χ2n) is 11.4. The molecular weight excluding hydrogens is 523 g/mol. The lowest BCUT2D eigenvalue weighted by Gasteiger charge is -2.28. The highest BCUT2D eigenvalue weighted by Gasteiger charge is 2.35. The molecule has 1 heterocycles. The summed E-state index contributed by atoms with van der Waals surface area (Å²) in [7, 11) is 0. The summed E-state index contributed by atoms with van der Waals surface area (Å²) in [6, 6.07) is 19.0. The lowest BCUT2D eigenvalue weighted by atomic mass is 9.82. The number of aliphatic hydroxyl groups excluding tert-OH is 2. The molecule has 1 aliphatic carbocycles. The number of carboxylic acids is 1. The van der Waals surface area contributed by atoms with Gasteiger partial charge in [-0.05, 0) is 62.1 Å². The fourth-order valence-corrected chi connectivity index (χ4v) is 6.08. The summed E-state index contributed by atoms with van der Waals surface area (Å²) in [5.41, 5.74) is 4.77. The Morgan fingerprint density at radius 1 is 0.976 bits per heavy atom. The van der Waals surface area contributed by atoms with E-state index in [4.69, 9.17) is 0 Å². The van der Waals surface area contributed by atoms with E-state index in [2.05, 4.69) is 9.88 Å². The Balaban J connectivity index is 1.83. The van der Waals surface area contributed by atoms with Gasteiger partial charge in [0, 0.05) is 47.5 Å². The molecule has 7 nitrogen and oxygen atoms in total. The lowest BCUT2D eigenvalue weighted by molar-refractivity contribution is -0.307. The molecule has 0 unspecified atom stereocenters. The predicted octanol–water partition coefficient (Wildman–Crippen LogP) is 5.17. The maximum absolute atomic E-state index is 14.3. The Bertz CT molecular complexity index is 1300. The summed E-state index contributed by atoms with van der Waals surface area (Å²) in [4.78, 5) is 25.0. The number of halogens is 1. The molecule has 0 bridgehead atoms. The van der Waals surface area contributed by atoms with Crippen LogP contribution in [0.5, 0.6) is 0 Å². The number of aliphatic hydroxyl groups is 2. The summed E-state index contributed by atoms with van der Waals surface area (Å²) in [5, 5.41) is 34.7. The Labute approximate surface area is 241 Å². The van der Waals surface area contributed by atoms with Crippen LogP contribution in [-0.2, 0) is 11.3 Å². The molecule has 3 aromatic rings. The lowest BCUT2D eigenvalue weighted by Crippen LogP contribution is -2.30. The van der Waals surface area contributed by atoms with Crippen molar-refractivity contribution in [1.82, 2.24) is 4.57 Å². The standard InChI is InChI=1S/C33H41FN2O5/c1-21(2)31-30(33(41)35-25-11-7-4-8-12-25)29(22-9-5-3-6-10-22)32(23-13-15-24(34)16-14-23)36(31)18-17-26(37)19-27(38)20-28(39)40/h3-12,21,23-24,26-27,37-38H,13-20H2,1-2H3,(H,35,41)(H,39,40)/p-1/t23?,24?,26-,27-/m1/s1. The number of nitrogens with zero attached hydrogens (tertiary/aromatic N) is 1. The number of nitrogens with one attached hydrogen (secondary N) is 1. The monoisotopic (exact) mass is 563 g/mol. The first-order chi connectivity index (χ1) is 19.7. The minimum absolute atomic E-state index is 0.0220. The summed E-state index contributed by atoms with van der Waals surface area (Å²) < 4.78 is 16.4. The molecule has 0 radical (unpaired) electrons. The highest BCUT2D eigenvalue weighted by atomic mass is 19.1. The summed E-state index contributed by atoms with van der Waals surface area (Å²) in [6.07, 6.45) is -1.21. The number of anilines is 1. The molecule has 1 saturated carbocycles. The Kier molecular flexibility index (Phi) is 10.3. The SMILES string of the molecule is CC(C)c1c(C(=O)Nc2ccccc2)c(-c2ccccc2)c(C2CCC(F)CC2)n1CC[C@@H](O)C[C@@H](O)CC(=O)[O-].